The Bertz CT molecular complexity index is 493. The predicted molar refractivity (Wildman–Crippen MR) is 77.3 cm³/mol. The molecule has 0 spiro atoms. The van der Waals surface area contributed by atoms with Crippen LogP contribution in [0.5, 0.6) is 0 Å². The molecule has 4 nitrogen and oxygen atoms in total. The molecule has 1 aromatic carbocycles. The van der Waals surface area contributed by atoms with Gasteiger partial charge in [0, 0.05) is 37.6 Å². The van der Waals surface area contributed by atoms with E-state index in [9.17, 15) is 4.79 Å². The van der Waals surface area contributed by atoms with E-state index in [0.29, 0.717) is 17.4 Å². The summed E-state index contributed by atoms with van der Waals surface area (Å²) in [4.78, 5) is 11.4. The van der Waals surface area contributed by atoms with Crippen LogP contribution in [0.4, 0.5) is 0 Å². The maximum atomic E-state index is 11.4. The molecule has 1 heterocycles. The van der Waals surface area contributed by atoms with Gasteiger partial charge in [-0.3, -0.25) is 4.79 Å². The molecule has 2 fully saturated rings. The van der Waals surface area contributed by atoms with Crippen molar-refractivity contribution in [2.45, 2.75) is 24.9 Å². The third kappa shape index (κ3) is 1.95. The van der Waals surface area contributed by atoms with Crippen LogP contribution in [0.15, 0.2) is 24.3 Å². The van der Waals surface area contributed by atoms with Gasteiger partial charge in [0.15, 0.2) is 0 Å². The lowest BCUT2D eigenvalue weighted by Gasteiger charge is -2.52. The number of piperidine rings is 1. The molecule has 3 N–H and O–H groups in total. The van der Waals surface area contributed by atoms with E-state index in [-0.39, 0.29) is 11.5 Å². The van der Waals surface area contributed by atoms with E-state index < -0.39 is 0 Å². The first kappa shape index (κ1) is 13.6. The van der Waals surface area contributed by atoms with E-state index in [4.69, 9.17) is 10.5 Å². The number of primary amides is 1. The number of ether oxygens (including phenoxy) is 1. The summed E-state index contributed by atoms with van der Waals surface area (Å²) in [6, 6.07) is 7.68. The van der Waals surface area contributed by atoms with Crippen LogP contribution in [0.3, 0.4) is 0 Å². The zero-order valence-electron chi connectivity index (χ0n) is 11.9. The van der Waals surface area contributed by atoms with Crippen molar-refractivity contribution in [3.8, 4) is 0 Å². The van der Waals surface area contributed by atoms with Gasteiger partial charge in [-0.05, 0) is 30.5 Å². The molecule has 2 bridgehead atoms. The van der Waals surface area contributed by atoms with Crippen LogP contribution in [0.1, 0.15) is 35.2 Å². The Kier molecular flexibility index (Phi) is 3.52. The summed E-state index contributed by atoms with van der Waals surface area (Å²) < 4.78 is 6.07. The fourth-order valence-electron chi connectivity index (χ4n) is 4.15. The standard InChI is InChI=1S/C16H22N2O2/c1-20-16(12-5-2-4-11(8-12)15(17)19)13-6-3-7-14(16)10-18-9-13/h2,4-5,8,13-14,18H,3,6-7,9-10H2,1H3,(H2,17,19)/t13-,14+,16+. The molecule has 1 amide bonds. The van der Waals surface area contributed by atoms with Gasteiger partial charge >= 0.3 is 0 Å². The summed E-state index contributed by atoms with van der Waals surface area (Å²) >= 11 is 0. The number of carbonyl (C=O) groups excluding carboxylic acids is 1. The number of nitrogens with one attached hydrogen (secondary N) is 1. The predicted octanol–water partition coefficient (Wildman–Crippen LogP) is 1.65. The van der Waals surface area contributed by atoms with Crippen molar-refractivity contribution in [3.05, 3.63) is 35.4 Å². The molecule has 1 aliphatic heterocycles. The molecular weight excluding hydrogens is 252 g/mol. The van der Waals surface area contributed by atoms with Crippen molar-refractivity contribution in [3.63, 3.8) is 0 Å². The molecule has 4 heteroatoms. The van der Waals surface area contributed by atoms with Crippen molar-refractivity contribution in [2.75, 3.05) is 20.2 Å². The summed E-state index contributed by atoms with van der Waals surface area (Å²) in [7, 11) is 1.80. The molecule has 1 aliphatic carbocycles. The van der Waals surface area contributed by atoms with Crippen molar-refractivity contribution >= 4 is 5.91 Å². The lowest BCUT2D eigenvalue weighted by Crippen LogP contribution is -2.57. The maximum absolute atomic E-state index is 11.4. The van der Waals surface area contributed by atoms with E-state index in [2.05, 4.69) is 11.4 Å². The first-order chi connectivity index (χ1) is 9.68. The van der Waals surface area contributed by atoms with Crippen molar-refractivity contribution in [1.29, 1.82) is 0 Å². The van der Waals surface area contributed by atoms with Gasteiger partial charge in [0.1, 0.15) is 5.60 Å². The number of nitrogens with two attached hydrogens (primary N) is 1. The van der Waals surface area contributed by atoms with Gasteiger partial charge in [0.2, 0.25) is 5.91 Å². The fraction of sp³-hybridized carbons (Fsp3) is 0.562. The summed E-state index contributed by atoms with van der Waals surface area (Å²) in [5.74, 6) is 0.545. The topological polar surface area (TPSA) is 64.3 Å². The first-order valence-corrected chi connectivity index (χ1v) is 7.34. The zero-order valence-corrected chi connectivity index (χ0v) is 11.9. The van der Waals surface area contributed by atoms with Gasteiger partial charge < -0.3 is 15.8 Å². The normalized spacial score (nSPS) is 32.9. The van der Waals surface area contributed by atoms with Gasteiger partial charge in [-0.15, -0.1) is 0 Å². The number of carbonyl (C=O) groups is 1. The molecular formula is C16H22N2O2. The lowest BCUT2D eigenvalue weighted by molar-refractivity contribution is -0.144. The lowest BCUT2D eigenvalue weighted by atomic mass is 9.63. The monoisotopic (exact) mass is 274 g/mol. The Morgan fingerprint density at radius 2 is 2.05 bits per heavy atom. The van der Waals surface area contributed by atoms with E-state index in [1.54, 1.807) is 13.2 Å². The van der Waals surface area contributed by atoms with Crippen LogP contribution in [0.2, 0.25) is 0 Å². The number of hydrogen-bond donors (Lipinski definition) is 2. The third-order valence-corrected chi connectivity index (χ3v) is 5.04. The Hall–Kier alpha value is -1.39. The zero-order chi connectivity index (χ0) is 14.2. The van der Waals surface area contributed by atoms with E-state index >= 15 is 0 Å². The molecule has 1 saturated carbocycles. The highest BCUT2D eigenvalue weighted by Crippen LogP contribution is 2.49. The number of hydrogen-bond acceptors (Lipinski definition) is 3. The number of amides is 1. The molecule has 3 atom stereocenters. The van der Waals surface area contributed by atoms with Gasteiger partial charge in [-0.2, -0.15) is 0 Å². The fourth-order valence-corrected chi connectivity index (χ4v) is 4.15. The van der Waals surface area contributed by atoms with Gasteiger partial charge in [0.05, 0.1) is 0 Å². The van der Waals surface area contributed by atoms with Crippen molar-refractivity contribution in [2.24, 2.45) is 17.6 Å². The van der Waals surface area contributed by atoms with Crippen LogP contribution >= 0.6 is 0 Å². The molecule has 3 rings (SSSR count). The van der Waals surface area contributed by atoms with E-state index in [0.717, 1.165) is 31.5 Å². The molecule has 0 unspecified atom stereocenters. The minimum atomic E-state index is -0.378. The molecule has 2 aliphatic rings. The van der Waals surface area contributed by atoms with Crippen molar-refractivity contribution in [1.82, 2.24) is 5.32 Å². The summed E-state index contributed by atoms with van der Waals surface area (Å²) in [5, 5.41) is 3.51. The molecule has 1 saturated heterocycles. The molecule has 20 heavy (non-hydrogen) atoms. The van der Waals surface area contributed by atoms with Crippen LogP contribution in [0, 0.1) is 11.8 Å². The first-order valence-electron chi connectivity index (χ1n) is 7.34. The van der Waals surface area contributed by atoms with Crippen LogP contribution < -0.4 is 11.1 Å². The molecule has 108 valence electrons. The van der Waals surface area contributed by atoms with Crippen LogP contribution in [-0.4, -0.2) is 26.1 Å². The third-order valence-electron chi connectivity index (χ3n) is 5.04. The van der Waals surface area contributed by atoms with Crippen LogP contribution in [-0.2, 0) is 10.3 Å². The van der Waals surface area contributed by atoms with Gasteiger partial charge in [-0.1, -0.05) is 18.6 Å². The number of fused-ring (bicyclic) bond motifs is 2. The van der Waals surface area contributed by atoms with E-state index in [1.807, 2.05) is 12.1 Å². The smallest absolute Gasteiger partial charge is 0.248 e. The number of rotatable bonds is 3. The average Bonchev–Trinajstić information content (AvgIpc) is 2.46. The minimum absolute atomic E-state index is 0.269. The summed E-state index contributed by atoms with van der Waals surface area (Å²) in [5.41, 5.74) is 6.82. The van der Waals surface area contributed by atoms with Gasteiger partial charge in [0.25, 0.3) is 0 Å². The molecule has 1 aromatic rings. The highest BCUT2D eigenvalue weighted by atomic mass is 16.5. The summed E-state index contributed by atoms with van der Waals surface area (Å²) in [6.45, 7) is 1.95. The Morgan fingerprint density at radius 1 is 1.35 bits per heavy atom. The Balaban J connectivity index is 2.08. The second kappa shape index (κ2) is 5.19. The Labute approximate surface area is 119 Å². The largest absolute Gasteiger partial charge is 0.373 e. The Morgan fingerprint density at radius 3 is 2.65 bits per heavy atom. The van der Waals surface area contributed by atoms with Crippen molar-refractivity contribution < 1.29 is 9.53 Å². The second-order valence-electron chi connectivity index (χ2n) is 5.93. The molecule has 0 radical (unpaired) electrons. The number of benzene rings is 1. The summed E-state index contributed by atoms with van der Waals surface area (Å²) in [6.07, 6.45) is 3.59. The van der Waals surface area contributed by atoms with E-state index in [1.165, 1.54) is 6.42 Å². The quantitative estimate of drug-likeness (QED) is 0.881. The second-order valence-corrected chi connectivity index (χ2v) is 5.93. The highest BCUT2D eigenvalue weighted by molar-refractivity contribution is 5.92. The van der Waals surface area contributed by atoms with Crippen LogP contribution in [0.25, 0.3) is 0 Å². The van der Waals surface area contributed by atoms with Gasteiger partial charge in [-0.25, -0.2) is 0 Å². The average molecular weight is 274 g/mol. The SMILES string of the molecule is CO[C@@]1(c2cccc(C(N)=O)c2)[C@@H]2CCC[C@H]1CNC2. The number of methoxy groups -OCH3 is 1. The molecule has 0 aromatic heterocycles. The maximum Gasteiger partial charge on any atom is 0.248 e. The minimum Gasteiger partial charge on any atom is -0.373 e. The highest BCUT2D eigenvalue weighted by Gasteiger charge is 2.51.